The van der Waals surface area contributed by atoms with Crippen molar-refractivity contribution in [3.63, 3.8) is 0 Å². The predicted molar refractivity (Wildman–Crippen MR) is 79.6 cm³/mol. The second kappa shape index (κ2) is 6.04. The van der Waals surface area contributed by atoms with Crippen LogP contribution in [0.15, 0.2) is 35.8 Å². The summed E-state index contributed by atoms with van der Waals surface area (Å²) in [5, 5.41) is 2.09. The normalized spacial score (nSPS) is 10.8. The Hall–Kier alpha value is -1.30. The third kappa shape index (κ3) is 3.35. The second-order valence-corrected chi connectivity index (χ2v) is 5.60. The highest BCUT2D eigenvalue weighted by Gasteiger charge is 2.09. The lowest BCUT2D eigenvalue weighted by Gasteiger charge is -2.17. The van der Waals surface area contributed by atoms with Gasteiger partial charge in [0, 0.05) is 24.2 Å². The Bertz CT molecular complexity index is 523. The number of rotatable bonds is 5. The molecule has 0 radical (unpaired) electrons. The average Bonchev–Trinajstić information content (AvgIpc) is 2.82. The van der Waals surface area contributed by atoms with Crippen molar-refractivity contribution < 1.29 is 0 Å². The highest BCUT2D eigenvalue weighted by Crippen LogP contribution is 2.14. The number of nitrogens with two attached hydrogens (primary N) is 1. The molecule has 2 rings (SSSR count). The van der Waals surface area contributed by atoms with E-state index in [1.807, 2.05) is 12.1 Å². The van der Waals surface area contributed by atoms with Crippen LogP contribution in [0.4, 0.5) is 0 Å². The Kier molecular flexibility index (Phi) is 4.41. The van der Waals surface area contributed by atoms with E-state index in [9.17, 15) is 0 Å². The van der Waals surface area contributed by atoms with Crippen molar-refractivity contribution in [2.45, 2.75) is 13.1 Å². The molecule has 0 spiro atoms. The number of nitrogens with zero attached hydrogens (tertiary/aromatic N) is 2. The van der Waals surface area contributed by atoms with E-state index in [1.165, 1.54) is 4.88 Å². The van der Waals surface area contributed by atoms with Gasteiger partial charge in [-0.15, -0.1) is 11.3 Å². The molecule has 0 amide bonds. The van der Waals surface area contributed by atoms with Crippen molar-refractivity contribution in [1.82, 2.24) is 9.88 Å². The number of pyridine rings is 1. The van der Waals surface area contributed by atoms with E-state index >= 15 is 0 Å². The van der Waals surface area contributed by atoms with E-state index in [0.29, 0.717) is 4.99 Å². The Morgan fingerprint density at radius 3 is 2.89 bits per heavy atom. The Labute approximate surface area is 116 Å². The van der Waals surface area contributed by atoms with E-state index in [4.69, 9.17) is 18.0 Å². The predicted octanol–water partition coefficient (Wildman–Crippen LogP) is 2.41. The van der Waals surface area contributed by atoms with Crippen LogP contribution in [0.3, 0.4) is 0 Å². The lowest BCUT2D eigenvalue weighted by atomic mass is 10.2. The van der Waals surface area contributed by atoms with Gasteiger partial charge in [-0.25, -0.2) is 0 Å². The van der Waals surface area contributed by atoms with Gasteiger partial charge in [0.15, 0.2) is 0 Å². The maximum Gasteiger partial charge on any atom is 0.123 e. The van der Waals surface area contributed by atoms with Crippen LogP contribution in [0.1, 0.15) is 16.1 Å². The molecule has 0 fully saturated rings. The summed E-state index contributed by atoms with van der Waals surface area (Å²) in [6.45, 7) is 1.71. The Balaban J connectivity index is 2.07. The van der Waals surface area contributed by atoms with Crippen LogP contribution < -0.4 is 5.73 Å². The summed E-state index contributed by atoms with van der Waals surface area (Å²) < 4.78 is 0. The molecule has 94 valence electrons. The molecule has 18 heavy (non-hydrogen) atoms. The topological polar surface area (TPSA) is 42.2 Å². The Morgan fingerprint density at radius 1 is 1.39 bits per heavy atom. The van der Waals surface area contributed by atoms with E-state index in [1.54, 1.807) is 17.5 Å². The molecule has 3 nitrogen and oxygen atoms in total. The summed E-state index contributed by atoms with van der Waals surface area (Å²) in [5.41, 5.74) is 7.48. The maximum atomic E-state index is 5.68. The van der Waals surface area contributed by atoms with Crippen LogP contribution in [0, 0.1) is 0 Å². The van der Waals surface area contributed by atoms with Gasteiger partial charge in [0.2, 0.25) is 0 Å². The van der Waals surface area contributed by atoms with E-state index < -0.39 is 0 Å². The summed E-state index contributed by atoms with van der Waals surface area (Å²) in [6, 6.07) is 8.14. The van der Waals surface area contributed by atoms with Gasteiger partial charge >= 0.3 is 0 Å². The van der Waals surface area contributed by atoms with Gasteiger partial charge in [-0.3, -0.25) is 9.88 Å². The standard InChI is InChI=1S/C13H15N3S2/c1-16(9-11-5-3-7-18-11)8-10-4-2-6-15-12(10)13(14)17/h2-7H,8-9H2,1H3,(H2,14,17). The minimum Gasteiger partial charge on any atom is -0.388 e. The van der Waals surface area contributed by atoms with Gasteiger partial charge < -0.3 is 5.73 Å². The van der Waals surface area contributed by atoms with Crippen LogP contribution >= 0.6 is 23.6 Å². The molecule has 0 aromatic carbocycles. The molecular formula is C13H15N3S2. The molecule has 2 N–H and O–H groups in total. The third-order valence-corrected chi connectivity index (χ3v) is 3.63. The van der Waals surface area contributed by atoms with Gasteiger partial charge in [0.25, 0.3) is 0 Å². The first kappa shape index (κ1) is 13.1. The zero-order chi connectivity index (χ0) is 13.0. The van der Waals surface area contributed by atoms with Gasteiger partial charge in [-0.1, -0.05) is 24.4 Å². The molecule has 0 aliphatic carbocycles. The number of hydrogen-bond donors (Lipinski definition) is 1. The van der Waals surface area contributed by atoms with Gasteiger partial charge in [0.1, 0.15) is 10.7 Å². The van der Waals surface area contributed by atoms with E-state index in [2.05, 4.69) is 34.4 Å². The molecule has 0 bridgehead atoms. The molecule has 0 unspecified atom stereocenters. The zero-order valence-corrected chi connectivity index (χ0v) is 11.8. The highest BCUT2D eigenvalue weighted by atomic mass is 32.1. The molecule has 2 aromatic rings. The number of aromatic nitrogens is 1. The van der Waals surface area contributed by atoms with Crippen molar-refractivity contribution >= 4 is 28.5 Å². The van der Waals surface area contributed by atoms with Gasteiger partial charge in [0.05, 0.1) is 0 Å². The van der Waals surface area contributed by atoms with Crippen LogP contribution in [-0.2, 0) is 13.1 Å². The van der Waals surface area contributed by atoms with E-state index in [-0.39, 0.29) is 0 Å². The van der Waals surface area contributed by atoms with Crippen LogP contribution in [0.5, 0.6) is 0 Å². The maximum absolute atomic E-state index is 5.68. The lowest BCUT2D eigenvalue weighted by molar-refractivity contribution is 0.321. The fraction of sp³-hybridized carbons (Fsp3) is 0.231. The molecule has 0 aliphatic heterocycles. The third-order valence-electron chi connectivity index (χ3n) is 2.57. The summed E-state index contributed by atoms with van der Waals surface area (Å²) in [4.78, 5) is 8.17. The van der Waals surface area contributed by atoms with Crippen molar-refractivity contribution in [3.8, 4) is 0 Å². The largest absolute Gasteiger partial charge is 0.388 e. The fourth-order valence-electron chi connectivity index (χ4n) is 1.80. The second-order valence-electron chi connectivity index (χ2n) is 4.13. The van der Waals surface area contributed by atoms with Crippen molar-refractivity contribution in [1.29, 1.82) is 0 Å². The molecule has 0 saturated heterocycles. The molecule has 2 aromatic heterocycles. The highest BCUT2D eigenvalue weighted by molar-refractivity contribution is 7.80. The van der Waals surface area contributed by atoms with E-state index in [0.717, 1.165) is 24.3 Å². The summed E-state index contributed by atoms with van der Waals surface area (Å²) >= 11 is 6.78. The molecule has 0 atom stereocenters. The summed E-state index contributed by atoms with van der Waals surface area (Å²) in [6.07, 6.45) is 1.72. The van der Waals surface area contributed by atoms with Gasteiger partial charge in [-0.2, -0.15) is 0 Å². The molecule has 0 saturated carbocycles. The smallest absolute Gasteiger partial charge is 0.123 e. The monoisotopic (exact) mass is 277 g/mol. The van der Waals surface area contributed by atoms with Gasteiger partial charge in [-0.05, 0) is 30.1 Å². The first-order chi connectivity index (χ1) is 8.66. The average molecular weight is 277 g/mol. The van der Waals surface area contributed by atoms with Crippen LogP contribution in [-0.4, -0.2) is 21.9 Å². The first-order valence-electron chi connectivity index (χ1n) is 5.61. The summed E-state index contributed by atoms with van der Waals surface area (Å²) in [7, 11) is 2.08. The number of thiocarbonyl (C=S) groups is 1. The fourth-order valence-corrected chi connectivity index (χ4v) is 2.77. The zero-order valence-electron chi connectivity index (χ0n) is 10.2. The molecule has 5 heteroatoms. The molecule has 0 aliphatic rings. The minimum atomic E-state index is 0.357. The number of hydrogen-bond acceptors (Lipinski definition) is 4. The summed E-state index contributed by atoms with van der Waals surface area (Å²) in [5.74, 6) is 0. The van der Waals surface area contributed by atoms with Crippen molar-refractivity contribution in [2.24, 2.45) is 5.73 Å². The quantitative estimate of drug-likeness (QED) is 0.852. The minimum absolute atomic E-state index is 0.357. The van der Waals surface area contributed by atoms with Crippen molar-refractivity contribution in [3.05, 3.63) is 52.0 Å². The van der Waals surface area contributed by atoms with Crippen LogP contribution in [0.2, 0.25) is 0 Å². The first-order valence-corrected chi connectivity index (χ1v) is 6.90. The molecular weight excluding hydrogens is 262 g/mol. The van der Waals surface area contributed by atoms with Crippen molar-refractivity contribution in [2.75, 3.05) is 7.05 Å². The SMILES string of the molecule is CN(Cc1cccs1)Cc1cccnc1C(N)=S. The Morgan fingerprint density at radius 2 is 2.22 bits per heavy atom. The molecule has 2 heterocycles. The number of thiophene rings is 1. The lowest BCUT2D eigenvalue weighted by Crippen LogP contribution is -2.21. The van der Waals surface area contributed by atoms with Crippen LogP contribution in [0.25, 0.3) is 0 Å².